The van der Waals surface area contributed by atoms with E-state index in [9.17, 15) is 22.8 Å². The van der Waals surface area contributed by atoms with Gasteiger partial charge in [-0.2, -0.15) is 13.2 Å². The number of pyridine rings is 2. The highest BCUT2D eigenvalue weighted by molar-refractivity contribution is 6.00. The molecule has 3 aromatic heterocycles. The van der Waals surface area contributed by atoms with E-state index in [-0.39, 0.29) is 18.2 Å². The van der Waals surface area contributed by atoms with Gasteiger partial charge in [0.05, 0.1) is 35.7 Å². The number of hydrogen-bond donors (Lipinski definition) is 3. The number of aromatic nitrogens is 4. The Morgan fingerprint density at radius 3 is 2.36 bits per heavy atom. The van der Waals surface area contributed by atoms with Crippen molar-refractivity contribution in [1.29, 1.82) is 0 Å². The zero-order chi connectivity index (χ0) is 28.0. The maximum absolute atomic E-state index is 12.7. The number of ether oxygens (including phenoxy) is 1. The minimum Gasteiger partial charge on any atom is -0.375 e. The molecule has 3 amide bonds. The third-order valence-electron chi connectivity index (χ3n) is 5.32. The molecular formula is C26H22F3N7O3. The molecule has 10 nitrogen and oxygen atoms in total. The molecule has 0 aliphatic rings. The third-order valence-corrected chi connectivity index (χ3v) is 5.32. The summed E-state index contributed by atoms with van der Waals surface area (Å²) in [4.78, 5) is 40.7. The predicted octanol–water partition coefficient (Wildman–Crippen LogP) is 5.16. The molecule has 0 saturated carbocycles. The lowest BCUT2D eigenvalue weighted by molar-refractivity contribution is -0.141. The summed E-state index contributed by atoms with van der Waals surface area (Å²) in [6, 6.07) is 9.79. The molecule has 3 heterocycles. The summed E-state index contributed by atoms with van der Waals surface area (Å²) < 4.78 is 42.9. The van der Waals surface area contributed by atoms with Gasteiger partial charge in [0, 0.05) is 30.1 Å². The fourth-order valence-electron chi connectivity index (χ4n) is 3.51. The van der Waals surface area contributed by atoms with Crippen LogP contribution < -0.4 is 16.0 Å². The van der Waals surface area contributed by atoms with Gasteiger partial charge in [0.2, 0.25) is 0 Å². The number of halogens is 3. The molecule has 0 fully saturated rings. The first kappa shape index (κ1) is 27.1. The molecule has 13 heteroatoms. The molecule has 4 aromatic rings. The number of anilines is 3. The largest absolute Gasteiger partial charge is 0.433 e. The monoisotopic (exact) mass is 537 g/mol. The van der Waals surface area contributed by atoms with E-state index in [2.05, 4.69) is 30.9 Å². The van der Waals surface area contributed by atoms with Crippen LogP contribution in [0.25, 0.3) is 22.5 Å². The topological polar surface area (TPSA) is 131 Å². The molecule has 39 heavy (non-hydrogen) atoms. The van der Waals surface area contributed by atoms with Crippen LogP contribution in [0.3, 0.4) is 0 Å². The number of rotatable bonds is 7. The maximum atomic E-state index is 12.7. The van der Waals surface area contributed by atoms with E-state index in [1.54, 1.807) is 42.7 Å². The van der Waals surface area contributed by atoms with Crippen molar-refractivity contribution in [3.05, 3.63) is 78.5 Å². The van der Waals surface area contributed by atoms with E-state index < -0.39 is 17.9 Å². The number of alkyl halides is 3. The van der Waals surface area contributed by atoms with Gasteiger partial charge in [-0.3, -0.25) is 9.78 Å². The lowest BCUT2D eigenvalue weighted by Crippen LogP contribution is -2.20. The molecule has 0 aliphatic heterocycles. The van der Waals surface area contributed by atoms with Gasteiger partial charge in [0.1, 0.15) is 18.1 Å². The van der Waals surface area contributed by atoms with Crippen LogP contribution in [-0.4, -0.2) is 45.6 Å². The fraction of sp³-hybridized carbons (Fsp3) is 0.154. The smallest absolute Gasteiger partial charge is 0.375 e. The molecular weight excluding hydrogens is 515 g/mol. The molecule has 0 unspecified atom stereocenters. The Kier molecular flexibility index (Phi) is 8.10. The lowest BCUT2D eigenvalue weighted by Gasteiger charge is -2.12. The van der Waals surface area contributed by atoms with Crippen LogP contribution >= 0.6 is 0 Å². The van der Waals surface area contributed by atoms with Crippen LogP contribution in [-0.2, 0) is 15.7 Å². The summed E-state index contributed by atoms with van der Waals surface area (Å²) >= 11 is 0. The van der Waals surface area contributed by atoms with Crippen molar-refractivity contribution >= 4 is 29.1 Å². The van der Waals surface area contributed by atoms with Gasteiger partial charge in [0.15, 0.2) is 0 Å². The van der Waals surface area contributed by atoms with E-state index in [1.165, 1.54) is 13.3 Å². The maximum Gasteiger partial charge on any atom is 0.433 e. The zero-order valence-electron chi connectivity index (χ0n) is 20.7. The Balaban J connectivity index is 1.51. The van der Waals surface area contributed by atoms with Crippen LogP contribution in [0.4, 0.5) is 35.2 Å². The number of hydrogen-bond acceptors (Lipinski definition) is 7. The fourth-order valence-corrected chi connectivity index (χ4v) is 3.51. The summed E-state index contributed by atoms with van der Waals surface area (Å²) in [5, 5.41) is 7.73. The average Bonchev–Trinajstić information content (AvgIpc) is 2.90. The van der Waals surface area contributed by atoms with E-state index in [4.69, 9.17) is 9.72 Å². The number of urea groups is 1. The van der Waals surface area contributed by atoms with Gasteiger partial charge in [-0.15, -0.1) is 0 Å². The Hall–Kier alpha value is -4.91. The number of methoxy groups -OCH3 is 1. The van der Waals surface area contributed by atoms with Gasteiger partial charge in [-0.25, -0.2) is 19.7 Å². The van der Waals surface area contributed by atoms with Crippen molar-refractivity contribution in [2.75, 3.05) is 29.7 Å². The molecule has 200 valence electrons. The van der Waals surface area contributed by atoms with Crippen molar-refractivity contribution in [2.24, 2.45) is 0 Å². The Morgan fingerprint density at radius 2 is 1.64 bits per heavy atom. The summed E-state index contributed by atoms with van der Waals surface area (Å²) in [5.41, 5.74) is 2.75. The second kappa shape index (κ2) is 11.6. The highest BCUT2D eigenvalue weighted by Gasteiger charge is 2.32. The molecule has 0 atom stereocenters. The van der Waals surface area contributed by atoms with Crippen molar-refractivity contribution in [2.45, 2.75) is 13.1 Å². The van der Waals surface area contributed by atoms with Gasteiger partial charge in [-0.05, 0) is 48.9 Å². The van der Waals surface area contributed by atoms with E-state index >= 15 is 0 Å². The Morgan fingerprint density at radius 1 is 0.897 bits per heavy atom. The highest BCUT2D eigenvalue weighted by Crippen LogP contribution is 2.29. The second-order valence-corrected chi connectivity index (χ2v) is 8.24. The number of carbonyl (C=O) groups is 2. The van der Waals surface area contributed by atoms with Crippen LogP contribution in [0.1, 0.15) is 11.3 Å². The van der Waals surface area contributed by atoms with Crippen LogP contribution in [0.5, 0.6) is 0 Å². The van der Waals surface area contributed by atoms with Crippen LogP contribution in [0, 0.1) is 6.92 Å². The summed E-state index contributed by atoms with van der Waals surface area (Å²) in [6.45, 7) is 1.77. The van der Waals surface area contributed by atoms with Gasteiger partial charge in [-0.1, -0.05) is 6.07 Å². The Labute approximate surface area is 220 Å². The summed E-state index contributed by atoms with van der Waals surface area (Å²) in [7, 11) is 1.42. The number of nitrogens with zero attached hydrogens (tertiary/aromatic N) is 4. The number of aryl methyl sites for hydroxylation is 1. The SMILES string of the molecule is COCC(=O)Nc1cc(-c2cncc(-c3cc(NC(=O)Nc4ccc(C(F)(F)F)nc4)ccc3C)n2)ccn1. The van der Waals surface area contributed by atoms with Crippen molar-refractivity contribution < 1.29 is 27.5 Å². The minimum atomic E-state index is -4.57. The lowest BCUT2D eigenvalue weighted by atomic mass is 10.0. The first-order valence-electron chi connectivity index (χ1n) is 11.4. The van der Waals surface area contributed by atoms with E-state index in [0.29, 0.717) is 34.0 Å². The molecule has 0 bridgehead atoms. The van der Waals surface area contributed by atoms with Crippen LogP contribution in [0.2, 0.25) is 0 Å². The van der Waals surface area contributed by atoms with E-state index in [0.717, 1.165) is 23.9 Å². The quantitative estimate of drug-likeness (QED) is 0.297. The molecule has 3 N–H and O–H groups in total. The van der Waals surface area contributed by atoms with Crippen molar-refractivity contribution in [3.8, 4) is 22.5 Å². The number of benzene rings is 1. The van der Waals surface area contributed by atoms with Crippen molar-refractivity contribution in [1.82, 2.24) is 19.9 Å². The normalized spacial score (nSPS) is 11.1. The molecule has 0 spiro atoms. The summed E-state index contributed by atoms with van der Waals surface area (Å²) in [5.74, 6) is -0.0149. The highest BCUT2D eigenvalue weighted by atomic mass is 19.4. The number of amides is 3. The minimum absolute atomic E-state index is 0.0986. The first-order chi connectivity index (χ1) is 18.6. The molecule has 0 saturated heterocycles. The molecule has 1 aromatic carbocycles. The van der Waals surface area contributed by atoms with Gasteiger partial charge in [0.25, 0.3) is 5.91 Å². The van der Waals surface area contributed by atoms with Gasteiger partial charge >= 0.3 is 12.2 Å². The number of nitrogens with one attached hydrogen (secondary N) is 3. The third kappa shape index (κ3) is 7.11. The predicted molar refractivity (Wildman–Crippen MR) is 138 cm³/mol. The zero-order valence-corrected chi connectivity index (χ0v) is 20.7. The summed E-state index contributed by atoms with van der Waals surface area (Å²) in [6.07, 6.45) is 1.04. The van der Waals surface area contributed by atoms with Crippen LogP contribution in [0.15, 0.2) is 67.3 Å². The molecule has 4 rings (SSSR count). The average molecular weight is 538 g/mol. The first-order valence-corrected chi connectivity index (χ1v) is 11.4. The second-order valence-electron chi connectivity index (χ2n) is 8.24. The molecule has 0 radical (unpaired) electrons. The standard InChI is InChI=1S/C26H22F3N7O3/c1-15-3-4-17(33-25(38)34-18-5-6-22(32-11-18)26(27,28)29)10-19(15)21-13-30-12-20(35-21)16-7-8-31-23(9-16)36-24(37)14-39-2/h3-13H,14H2,1-2H3,(H,31,36,37)(H2,33,34,38). The molecule has 0 aliphatic carbocycles. The Bertz CT molecular complexity index is 1500. The van der Waals surface area contributed by atoms with E-state index in [1.807, 2.05) is 6.92 Å². The van der Waals surface area contributed by atoms with Crippen molar-refractivity contribution in [3.63, 3.8) is 0 Å². The van der Waals surface area contributed by atoms with Gasteiger partial charge < -0.3 is 20.7 Å². The number of carbonyl (C=O) groups excluding carboxylic acids is 2.